The standard InChI is InChI=1S/C27H25FIN3O5/c1-16(17-5-3-2-4-6-17)24(25(34)30-22-12-9-19(29)15-21(22)28)32-26(35)23(31-27(32)36)18-7-10-20(11-8-18)37-14-13-33/h2-12,15-16,23-24,33H,13-14H2,1H3,(H,30,34)(H,31,36)/t16?,23-,24?/m0/s1. The van der Waals surface area contributed by atoms with Crippen LogP contribution in [0.5, 0.6) is 5.75 Å². The van der Waals surface area contributed by atoms with E-state index in [-0.39, 0.29) is 18.9 Å². The number of nitrogens with one attached hydrogen (secondary N) is 2. The second-order valence-corrected chi connectivity index (χ2v) is 9.74. The molecule has 2 unspecified atom stereocenters. The number of anilines is 1. The summed E-state index contributed by atoms with van der Waals surface area (Å²) in [4.78, 5) is 41.1. The molecule has 4 rings (SSSR count). The fourth-order valence-electron chi connectivity index (χ4n) is 4.21. The zero-order valence-electron chi connectivity index (χ0n) is 19.9. The van der Waals surface area contributed by atoms with Crippen molar-refractivity contribution in [2.75, 3.05) is 18.5 Å². The molecule has 192 valence electrons. The minimum atomic E-state index is -1.24. The Morgan fingerprint density at radius 2 is 1.84 bits per heavy atom. The van der Waals surface area contributed by atoms with Crippen molar-refractivity contribution in [1.29, 1.82) is 0 Å². The molecule has 0 aromatic heterocycles. The smallest absolute Gasteiger partial charge is 0.325 e. The van der Waals surface area contributed by atoms with Crippen molar-refractivity contribution in [3.63, 3.8) is 0 Å². The zero-order valence-corrected chi connectivity index (χ0v) is 22.0. The molecule has 0 bridgehead atoms. The van der Waals surface area contributed by atoms with Crippen molar-refractivity contribution in [2.45, 2.75) is 24.9 Å². The van der Waals surface area contributed by atoms with E-state index in [0.717, 1.165) is 10.5 Å². The number of rotatable bonds is 9. The minimum Gasteiger partial charge on any atom is -0.491 e. The van der Waals surface area contributed by atoms with Crippen molar-refractivity contribution in [3.05, 3.63) is 93.3 Å². The van der Waals surface area contributed by atoms with Gasteiger partial charge in [0.25, 0.3) is 5.91 Å². The normalized spacial score (nSPS) is 16.8. The fourth-order valence-corrected chi connectivity index (χ4v) is 4.66. The van der Waals surface area contributed by atoms with E-state index in [4.69, 9.17) is 9.84 Å². The van der Waals surface area contributed by atoms with Crippen LogP contribution in [0, 0.1) is 9.39 Å². The molecule has 3 N–H and O–H groups in total. The molecule has 0 radical (unpaired) electrons. The van der Waals surface area contributed by atoms with Crippen LogP contribution < -0.4 is 15.4 Å². The molecule has 1 saturated heterocycles. The lowest BCUT2D eigenvalue weighted by Gasteiger charge is -2.30. The Labute approximate surface area is 227 Å². The molecule has 0 aliphatic carbocycles. The number of carbonyl (C=O) groups excluding carboxylic acids is 3. The largest absolute Gasteiger partial charge is 0.491 e. The lowest BCUT2D eigenvalue weighted by molar-refractivity contribution is -0.134. The second-order valence-electron chi connectivity index (χ2n) is 8.49. The predicted octanol–water partition coefficient (Wildman–Crippen LogP) is 4.21. The number of ether oxygens (including phenoxy) is 1. The van der Waals surface area contributed by atoms with Crippen LogP contribution in [-0.4, -0.2) is 47.1 Å². The summed E-state index contributed by atoms with van der Waals surface area (Å²) in [7, 11) is 0. The number of aliphatic hydroxyl groups is 1. The van der Waals surface area contributed by atoms with Gasteiger partial charge in [-0.25, -0.2) is 14.1 Å². The van der Waals surface area contributed by atoms with Crippen molar-refractivity contribution < 1.29 is 28.6 Å². The van der Waals surface area contributed by atoms with E-state index in [0.29, 0.717) is 14.9 Å². The number of imide groups is 1. The van der Waals surface area contributed by atoms with Crippen LogP contribution in [0.4, 0.5) is 14.9 Å². The monoisotopic (exact) mass is 617 g/mol. The number of aliphatic hydroxyl groups excluding tert-OH is 1. The van der Waals surface area contributed by atoms with Crippen LogP contribution in [0.1, 0.15) is 30.0 Å². The van der Waals surface area contributed by atoms with Gasteiger partial charge in [0.15, 0.2) is 0 Å². The number of amides is 4. The van der Waals surface area contributed by atoms with Crippen LogP contribution in [-0.2, 0) is 9.59 Å². The number of benzene rings is 3. The van der Waals surface area contributed by atoms with Gasteiger partial charge < -0.3 is 20.5 Å². The molecular formula is C27H25FIN3O5. The van der Waals surface area contributed by atoms with E-state index in [2.05, 4.69) is 10.6 Å². The fraction of sp³-hybridized carbons (Fsp3) is 0.222. The average Bonchev–Trinajstić information content (AvgIpc) is 3.19. The first-order valence-electron chi connectivity index (χ1n) is 11.6. The van der Waals surface area contributed by atoms with Gasteiger partial charge in [-0.1, -0.05) is 49.4 Å². The number of carbonyl (C=O) groups is 3. The van der Waals surface area contributed by atoms with Crippen LogP contribution in [0.3, 0.4) is 0 Å². The van der Waals surface area contributed by atoms with Gasteiger partial charge in [0, 0.05) is 9.49 Å². The maximum absolute atomic E-state index is 14.5. The molecule has 1 aliphatic heterocycles. The molecular weight excluding hydrogens is 592 g/mol. The summed E-state index contributed by atoms with van der Waals surface area (Å²) in [5, 5.41) is 14.1. The summed E-state index contributed by atoms with van der Waals surface area (Å²) in [6.07, 6.45) is 0. The molecule has 10 heteroatoms. The third-order valence-corrected chi connectivity index (χ3v) is 6.75. The Kier molecular flexibility index (Phi) is 8.39. The molecule has 8 nitrogen and oxygen atoms in total. The van der Waals surface area contributed by atoms with Gasteiger partial charge in [0.2, 0.25) is 5.91 Å². The highest BCUT2D eigenvalue weighted by molar-refractivity contribution is 14.1. The highest BCUT2D eigenvalue weighted by Crippen LogP contribution is 2.32. The first kappa shape index (κ1) is 26.6. The topological polar surface area (TPSA) is 108 Å². The van der Waals surface area contributed by atoms with Gasteiger partial charge >= 0.3 is 6.03 Å². The van der Waals surface area contributed by atoms with Gasteiger partial charge in [0.05, 0.1) is 12.3 Å². The van der Waals surface area contributed by atoms with Gasteiger partial charge in [-0.15, -0.1) is 0 Å². The first-order chi connectivity index (χ1) is 17.8. The maximum Gasteiger partial charge on any atom is 0.325 e. The predicted molar refractivity (Wildman–Crippen MR) is 144 cm³/mol. The van der Waals surface area contributed by atoms with Crippen LogP contribution in [0.15, 0.2) is 72.8 Å². The second kappa shape index (κ2) is 11.7. The van der Waals surface area contributed by atoms with E-state index in [1.54, 1.807) is 61.5 Å². The summed E-state index contributed by atoms with van der Waals surface area (Å²) in [6.45, 7) is 1.73. The molecule has 4 amide bonds. The van der Waals surface area contributed by atoms with Crippen molar-refractivity contribution >= 4 is 46.1 Å². The summed E-state index contributed by atoms with van der Waals surface area (Å²) < 4.78 is 20.5. The van der Waals surface area contributed by atoms with Gasteiger partial charge in [-0.2, -0.15) is 0 Å². The van der Waals surface area contributed by atoms with Crippen molar-refractivity contribution in [3.8, 4) is 5.75 Å². The van der Waals surface area contributed by atoms with E-state index < -0.39 is 41.7 Å². The third kappa shape index (κ3) is 5.91. The summed E-state index contributed by atoms with van der Waals surface area (Å²) in [6, 6.07) is 16.9. The SMILES string of the molecule is CC(c1ccccc1)C(C(=O)Nc1ccc(I)cc1F)N1C(=O)N[C@@H](c2ccc(OCCO)cc2)C1=O. The number of halogens is 2. The molecule has 0 saturated carbocycles. The Hall–Kier alpha value is -3.51. The Balaban J connectivity index is 1.64. The number of hydrogen-bond donors (Lipinski definition) is 3. The van der Waals surface area contributed by atoms with Gasteiger partial charge in [-0.3, -0.25) is 9.59 Å². The Morgan fingerprint density at radius 3 is 2.49 bits per heavy atom. The Morgan fingerprint density at radius 1 is 1.14 bits per heavy atom. The van der Waals surface area contributed by atoms with Crippen LogP contribution >= 0.6 is 22.6 Å². The summed E-state index contributed by atoms with van der Waals surface area (Å²) in [5.41, 5.74) is 1.20. The highest BCUT2D eigenvalue weighted by atomic mass is 127. The minimum absolute atomic E-state index is 0.0438. The van der Waals surface area contributed by atoms with Crippen molar-refractivity contribution in [2.24, 2.45) is 0 Å². The van der Waals surface area contributed by atoms with Crippen LogP contribution in [0.2, 0.25) is 0 Å². The highest BCUT2D eigenvalue weighted by Gasteiger charge is 2.47. The van der Waals surface area contributed by atoms with E-state index >= 15 is 0 Å². The third-order valence-electron chi connectivity index (χ3n) is 6.08. The number of hydrogen-bond acceptors (Lipinski definition) is 5. The Bertz CT molecular complexity index is 1290. The summed E-state index contributed by atoms with van der Waals surface area (Å²) in [5.74, 6) is -1.99. The molecule has 3 aromatic carbocycles. The van der Waals surface area contributed by atoms with E-state index in [1.807, 2.05) is 28.7 Å². The molecule has 1 aliphatic rings. The quantitative estimate of drug-likeness (QED) is 0.247. The number of urea groups is 1. The molecule has 1 fully saturated rings. The van der Waals surface area contributed by atoms with E-state index in [1.165, 1.54) is 12.1 Å². The van der Waals surface area contributed by atoms with Gasteiger partial charge in [0.1, 0.15) is 30.3 Å². The van der Waals surface area contributed by atoms with Crippen LogP contribution in [0.25, 0.3) is 0 Å². The van der Waals surface area contributed by atoms with Gasteiger partial charge in [-0.05, 0) is 64.0 Å². The number of nitrogens with zero attached hydrogens (tertiary/aromatic N) is 1. The lowest BCUT2D eigenvalue weighted by atomic mass is 9.91. The summed E-state index contributed by atoms with van der Waals surface area (Å²) >= 11 is 1.96. The molecule has 37 heavy (non-hydrogen) atoms. The first-order valence-corrected chi connectivity index (χ1v) is 12.7. The molecule has 1 heterocycles. The molecule has 0 spiro atoms. The van der Waals surface area contributed by atoms with Crippen molar-refractivity contribution in [1.82, 2.24) is 10.2 Å². The zero-order chi connectivity index (χ0) is 26.5. The average molecular weight is 617 g/mol. The molecule has 3 aromatic rings. The lowest BCUT2D eigenvalue weighted by Crippen LogP contribution is -2.50. The maximum atomic E-state index is 14.5. The van der Waals surface area contributed by atoms with E-state index in [9.17, 15) is 18.8 Å². The molecule has 3 atom stereocenters.